The molecule has 5 amide bonds. The van der Waals surface area contributed by atoms with Crippen molar-refractivity contribution >= 4 is 29.5 Å². The Morgan fingerprint density at radius 3 is 2.14 bits per heavy atom. The molecule has 51 heavy (non-hydrogen) atoms. The van der Waals surface area contributed by atoms with Crippen molar-refractivity contribution in [1.29, 1.82) is 0 Å². The van der Waals surface area contributed by atoms with Gasteiger partial charge in [0.25, 0.3) is 5.91 Å². The molecule has 0 saturated carbocycles. The molecule has 1 aliphatic rings. The molecule has 288 valence electrons. The molecule has 1 saturated heterocycles. The molecule has 0 aromatic heterocycles. The first-order valence-electron chi connectivity index (χ1n) is 18.0. The maximum absolute atomic E-state index is 14.1. The van der Waals surface area contributed by atoms with Crippen molar-refractivity contribution in [2.45, 2.75) is 103 Å². The molecule has 0 aliphatic carbocycles. The molecule has 2 rings (SSSR count). The van der Waals surface area contributed by atoms with Crippen LogP contribution in [0.25, 0.3) is 0 Å². The van der Waals surface area contributed by atoms with Crippen LogP contribution in [0.2, 0.25) is 0 Å². The summed E-state index contributed by atoms with van der Waals surface area (Å²) in [6, 6.07) is 6.48. The number of nitrogens with zero attached hydrogens (tertiary/aromatic N) is 3. The zero-order chi connectivity index (χ0) is 38.4. The normalized spacial score (nSPS) is 18.7. The van der Waals surface area contributed by atoms with Gasteiger partial charge in [0.15, 0.2) is 0 Å². The molecule has 0 unspecified atom stereocenters. The standard InChI is InChI=1S/C37H62N6O8/c1-11-24(4)33(42(8)37(48)32(23(2)3)39-30(44)22-41(6)7)29(50-9)21-31(45)43-19-15-18-28(43)34(51-10)25(5)35(46)38-27(36(47)40-49)20-26-16-13-12-14-17-26/h12-14,16-17,23-25,27-29,32-34,49H,11,15,18-22H2,1-10H3,(H,38,46)(H,39,44)(H,40,47)/t24-,25+,27-,28-,29+,32-,33-,34+/m0/s1. The fourth-order valence-electron chi connectivity index (χ4n) is 6.99. The van der Waals surface area contributed by atoms with E-state index in [1.807, 2.05) is 58.0 Å². The molecule has 0 spiro atoms. The van der Waals surface area contributed by atoms with E-state index in [1.165, 1.54) is 14.2 Å². The third-order valence-corrected chi connectivity index (χ3v) is 9.99. The number of hydroxylamine groups is 1. The van der Waals surface area contributed by atoms with Crippen LogP contribution in [-0.4, -0.2) is 134 Å². The largest absolute Gasteiger partial charge is 0.379 e. The number of hydrogen-bond donors (Lipinski definition) is 4. The van der Waals surface area contributed by atoms with Gasteiger partial charge in [0.05, 0.1) is 43.2 Å². The number of ether oxygens (including phenoxy) is 2. The predicted molar refractivity (Wildman–Crippen MR) is 193 cm³/mol. The summed E-state index contributed by atoms with van der Waals surface area (Å²) in [4.78, 5) is 71.8. The van der Waals surface area contributed by atoms with Crippen LogP contribution in [0.3, 0.4) is 0 Å². The highest BCUT2D eigenvalue weighted by atomic mass is 16.5. The zero-order valence-corrected chi connectivity index (χ0v) is 32.2. The highest BCUT2D eigenvalue weighted by Gasteiger charge is 2.43. The highest BCUT2D eigenvalue weighted by Crippen LogP contribution is 2.29. The van der Waals surface area contributed by atoms with Gasteiger partial charge in [0.1, 0.15) is 12.1 Å². The number of carbonyl (C=O) groups is 5. The van der Waals surface area contributed by atoms with Crippen molar-refractivity contribution in [1.82, 2.24) is 30.8 Å². The van der Waals surface area contributed by atoms with E-state index in [0.29, 0.717) is 19.4 Å². The van der Waals surface area contributed by atoms with Crippen LogP contribution in [0.15, 0.2) is 30.3 Å². The Kier molecular flexibility index (Phi) is 18.0. The maximum atomic E-state index is 14.1. The van der Waals surface area contributed by atoms with Gasteiger partial charge < -0.3 is 34.8 Å². The molecule has 8 atom stereocenters. The van der Waals surface area contributed by atoms with Crippen molar-refractivity contribution in [3.8, 4) is 0 Å². The summed E-state index contributed by atoms with van der Waals surface area (Å²) in [5.41, 5.74) is 2.45. The number of likely N-dealkylation sites (N-methyl/N-ethyl adjacent to an activating group) is 2. The quantitative estimate of drug-likeness (QED) is 0.116. The Morgan fingerprint density at radius 2 is 1.61 bits per heavy atom. The van der Waals surface area contributed by atoms with Crippen LogP contribution >= 0.6 is 0 Å². The molecule has 0 radical (unpaired) electrons. The third kappa shape index (κ3) is 12.3. The lowest BCUT2D eigenvalue weighted by Gasteiger charge is -2.41. The number of methoxy groups -OCH3 is 2. The van der Waals surface area contributed by atoms with Crippen LogP contribution < -0.4 is 16.1 Å². The Morgan fingerprint density at radius 1 is 0.961 bits per heavy atom. The first-order valence-corrected chi connectivity index (χ1v) is 18.0. The van der Waals surface area contributed by atoms with Gasteiger partial charge in [-0.3, -0.25) is 29.2 Å². The Labute approximate surface area is 303 Å². The highest BCUT2D eigenvalue weighted by molar-refractivity contribution is 5.89. The summed E-state index contributed by atoms with van der Waals surface area (Å²) in [7, 11) is 8.30. The van der Waals surface area contributed by atoms with Crippen LogP contribution in [0, 0.1) is 17.8 Å². The summed E-state index contributed by atoms with van der Waals surface area (Å²) in [5.74, 6) is -2.84. The van der Waals surface area contributed by atoms with Gasteiger partial charge >= 0.3 is 0 Å². The molecule has 1 aromatic rings. The molecular weight excluding hydrogens is 656 g/mol. The van der Waals surface area contributed by atoms with E-state index in [2.05, 4.69) is 10.6 Å². The Bertz CT molecular complexity index is 1280. The molecule has 0 bridgehead atoms. The topological polar surface area (TPSA) is 170 Å². The summed E-state index contributed by atoms with van der Waals surface area (Å²) >= 11 is 0. The number of likely N-dealkylation sites (tertiary alicyclic amines) is 1. The lowest BCUT2D eigenvalue weighted by molar-refractivity contribution is -0.148. The molecule has 1 aliphatic heterocycles. The minimum Gasteiger partial charge on any atom is -0.379 e. The van der Waals surface area contributed by atoms with Gasteiger partial charge in [-0.15, -0.1) is 0 Å². The number of hydrogen-bond acceptors (Lipinski definition) is 9. The SMILES string of the molecule is CC[C@H](C)[C@@H]([C@@H](CC(=O)N1CCC[C@H]1[C@H](OC)[C@@H](C)C(=O)N[C@@H](Cc1ccccc1)C(=O)NO)OC)N(C)C(=O)[C@@H](NC(=O)CN(C)C)C(C)C. The second-order valence-electron chi connectivity index (χ2n) is 14.3. The number of benzene rings is 1. The maximum Gasteiger partial charge on any atom is 0.266 e. The van der Waals surface area contributed by atoms with E-state index in [1.54, 1.807) is 48.2 Å². The fraction of sp³-hybridized carbons (Fsp3) is 0.703. The van der Waals surface area contributed by atoms with Gasteiger partial charge in [-0.05, 0) is 44.3 Å². The molecular formula is C37H62N6O8. The molecule has 1 fully saturated rings. The minimum absolute atomic E-state index is 0.00814. The zero-order valence-electron chi connectivity index (χ0n) is 32.2. The number of nitrogens with one attached hydrogen (secondary N) is 3. The average molecular weight is 719 g/mol. The Hall–Kier alpha value is -3.59. The van der Waals surface area contributed by atoms with Crippen LogP contribution in [0.4, 0.5) is 0 Å². The summed E-state index contributed by atoms with van der Waals surface area (Å²) in [5, 5.41) is 15.0. The predicted octanol–water partition coefficient (Wildman–Crippen LogP) is 1.84. The smallest absolute Gasteiger partial charge is 0.266 e. The Balaban J connectivity index is 2.25. The van der Waals surface area contributed by atoms with Crippen LogP contribution in [-0.2, 0) is 39.9 Å². The third-order valence-electron chi connectivity index (χ3n) is 9.99. The van der Waals surface area contributed by atoms with Gasteiger partial charge in [0, 0.05) is 34.2 Å². The van der Waals surface area contributed by atoms with E-state index in [0.717, 1.165) is 12.0 Å². The van der Waals surface area contributed by atoms with Crippen LogP contribution in [0.1, 0.15) is 65.9 Å². The molecule has 1 aromatic carbocycles. The minimum atomic E-state index is -1.03. The summed E-state index contributed by atoms with van der Waals surface area (Å²) in [6.07, 6.45) is 0.877. The van der Waals surface area contributed by atoms with Gasteiger partial charge in [-0.25, -0.2) is 5.48 Å². The van der Waals surface area contributed by atoms with Crippen LogP contribution in [0.5, 0.6) is 0 Å². The first kappa shape index (κ1) is 43.6. The molecule has 14 nitrogen and oxygen atoms in total. The number of carbonyl (C=O) groups excluding carboxylic acids is 5. The fourth-order valence-corrected chi connectivity index (χ4v) is 6.99. The van der Waals surface area contributed by atoms with Crippen molar-refractivity contribution in [3.05, 3.63) is 35.9 Å². The van der Waals surface area contributed by atoms with E-state index in [-0.39, 0.29) is 48.9 Å². The van der Waals surface area contributed by atoms with Gasteiger partial charge in [-0.2, -0.15) is 0 Å². The average Bonchev–Trinajstić information content (AvgIpc) is 3.59. The van der Waals surface area contributed by atoms with Crippen molar-refractivity contribution < 1.29 is 38.7 Å². The molecule has 1 heterocycles. The summed E-state index contributed by atoms with van der Waals surface area (Å²) < 4.78 is 11.8. The monoisotopic (exact) mass is 718 g/mol. The van der Waals surface area contributed by atoms with E-state index in [4.69, 9.17) is 9.47 Å². The van der Waals surface area contributed by atoms with Gasteiger partial charge in [-0.1, -0.05) is 71.4 Å². The van der Waals surface area contributed by atoms with Crippen molar-refractivity contribution in [2.75, 3.05) is 48.5 Å². The lowest BCUT2D eigenvalue weighted by Crippen LogP contribution is -2.58. The van der Waals surface area contributed by atoms with E-state index in [9.17, 15) is 29.2 Å². The summed E-state index contributed by atoms with van der Waals surface area (Å²) in [6.45, 7) is 10.1. The first-order chi connectivity index (χ1) is 24.1. The second kappa shape index (κ2) is 21.1. The van der Waals surface area contributed by atoms with E-state index < -0.39 is 54.1 Å². The molecule has 4 N–H and O–H groups in total. The van der Waals surface area contributed by atoms with E-state index >= 15 is 0 Å². The van der Waals surface area contributed by atoms with Crippen molar-refractivity contribution in [2.24, 2.45) is 17.8 Å². The second-order valence-corrected chi connectivity index (χ2v) is 14.3. The lowest BCUT2D eigenvalue weighted by atomic mass is 9.89. The van der Waals surface area contributed by atoms with Crippen molar-refractivity contribution in [3.63, 3.8) is 0 Å². The number of rotatable bonds is 20. The molecule has 14 heteroatoms. The number of amides is 5. The van der Waals surface area contributed by atoms with Gasteiger partial charge in [0.2, 0.25) is 23.6 Å².